The highest BCUT2D eigenvalue weighted by Gasteiger charge is 2.27. The summed E-state index contributed by atoms with van der Waals surface area (Å²) in [6.07, 6.45) is -1.46. The highest BCUT2D eigenvalue weighted by Crippen LogP contribution is 2.25. The number of rotatable bonds is 8. The molecule has 1 rings (SSSR count). The third-order valence-electron chi connectivity index (χ3n) is 2.76. The molecule has 20 heavy (non-hydrogen) atoms. The van der Waals surface area contributed by atoms with E-state index in [-0.39, 0.29) is 12.6 Å². The Morgan fingerprint density at radius 3 is 2.75 bits per heavy atom. The van der Waals surface area contributed by atoms with E-state index in [2.05, 4.69) is 15.2 Å². The molecule has 1 heterocycles. The lowest BCUT2D eigenvalue weighted by molar-refractivity contribution is -0.174. The molecule has 0 radical (unpaired) electrons. The molecule has 0 amide bonds. The maximum absolute atomic E-state index is 12.0. The fourth-order valence-corrected chi connectivity index (χ4v) is 2.19. The van der Waals surface area contributed by atoms with Crippen LogP contribution in [0.5, 0.6) is 0 Å². The third-order valence-corrected chi connectivity index (χ3v) is 3.05. The Bertz CT molecular complexity index is 409. The van der Waals surface area contributed by atoms with Crippen molar-refractivity contribution in [1.82, 2.24) is 15.1 Å². The van der Waals surface area contributed by atoms with Crippen molar-refractivity contribution in [3.8, 4) is 0 Å². The molecule has 8 heteroatoms. The number of ether oxygens (including phenoxy) is 1. The van der Waals surface area contributed by atoms with Crippen LogP contribution in [-0.4, -0.2) is 36.2 Å². The first kappa shape index (κ1) is 17.3. The van der Waals surface area contributed by atoms with Gasteiger partial charge in [0.05, 0.1) is 23.0 Å². The van der Waals surface area contributed by atoms with Crippen LogP contribution in [0.2, 0.25) is 5.02 Å². The van der Waals surface area contributed by atoms with Gasteiger partial charge in [-0.3, -0.25) is 4.68 Å². The predicted molar refractivity (Wildman–Crippen MR) is 70.8 cm³/mol. The maximum atomic E-state index is 12.0. The van der Waals surface area contributed by atoms with Gasteiger partial charge in [0.2, 0.25) is 0 Å². The van der Waals surface area contributed by atoms with Crippen LogP contribution >= 0.6 is 11.6 Å². The van der Waals surface area contributed by atoms with Gasteiger partial charge in [0.1, 0.15) is 6.61 Å². The number of aryl methyl sites for hydroxylation is 1. The topological polar surface area (TPSA) is 39.1 Å². The second-order valence-corrected chi connectivity index (χ2v) is 4.81. The van der Waals surface area contributed by atoms with Crippen LogP contribution in [0.4, 0.5) is 13.2 Å². The summed E-state index contributed by atoms with van der Waals surface area (Å²) < 4.78 is 42.4. The Morgan fingerprint density at radius 1 is 1.50 bits per heavy atom. The van der Waals surface area contributed by atoms with Crippen LogP contribution in [0.15, 0.2) is 6.20 Å². The molecule has 0 aliphatic heterocycles. The standard InChI is InChI=1S/C12H19ClF3N3O/c1-3-5-19-11(9(13)7-18-19)10(17-2)4-6-20-8-12(14,15)16/h7,10,17H,3-6,8H2,1-2H3. The van der Waals surface area contributed by atoms with Crippen LogP contribution in [-0.2, 0) is 11.3 Å². The van der Waals surface area contributed by atoms with E-state index in [1.807, 2.05) is 6.92 Å². The van der Waals surface area contributed by atoms with Gasteiger partial charge in [-0.15, -0.1) is 0 Å². The molecule has 0 bridgehead atoms. The quantitative estimate of drug-likeness (QED) is 0.749. The normalized spacial score (nSPS) is 13.7. The van der Waals surface area contributed by atoms with Gasteiger partial charge in [0, 0.05) is 13.2 Å². The van der Waals surface area contributed by atoms with Crippen LogP contribution in [0.25, 0.3) is 0 Å². The molecule has 0 spiro atoms. The molecule has 1 aromatic rings. The molecule has 116 valence electrons. The smallest absolute Gasteiger partial charge is 0.372 e. The first-order chi connectivity index (χ1) is 9.39. The fourth-order valence-electron chi connectivity index (χ4n) is 1.92. The third kappa shape index (κ3) is 5.30. The fraction of sp³-hybridized carbons (Fsp3) is 0.750. The summed E-state index contributed by atoms with van der Waals surface area (Å²) in [5.41, 5.74) is 0.784. The summed E-state index contributed by atoms with van der Waals surface area (Å²) in [5, 5.41) is 7.71. The number of hydrogen-bond acceptors (Lipinski definition) is 3. The summed E-state index contributed by atoms with van der Waals surface area (Å²) in [6.45, 7) is 1.49. The van der Waals surface area contributed by atoms with Gasteiger partial charge in [0.15, 0.2) is 0 Å². The van der Waals surface area contributed by atoms with Crippen molar-refractivity contribution in [2.24, 2.45) is 0 Å². The maximum Gasteiger partial charge on any atom is 0.411 e. The highest BCUT2D eigenvalue weighted by molar-refractivity contribution is 6.31. The highest BCUT2D eigenvalue weighted by atomic mass is 35.5. The molecule has 1 atom stereocenters. The number of halogens is 4. The van der Waals surface area contributed by atoms with Crippen LogP contribution < -0.4 is 5.32 Å². The van der Waals surface area contributed by atoms with Crippen molar-refractivity contribution in [2.45, 2.75) is 38.5 Å². The Hall–Kier alpha value is -0.790. The summed E-state index contributed by atoms with van der Waals surface area (Å²) in [7, 11) is 1.73. The van der Waals surface area contributed by atoms with E-state index in [9.17, 15) is 13.2 Å². The van der Waals surface area contributed by atoms with Gasteiger partial charge in [-0.2, -0.15) is 18.3 Å². The lowest BCUT2D eigenvalue weighted by atomic mass is 10.1. The molecule has 0 fully saturated rings. The van der Waals surface area contributed by atoms with Crippen LogP contribution in [0.1, 0.15) is 31.5 Å². The van der Waals surface area contributed by atoms with Crippen molar-refractivity contribution < 1.29 is 17.9 Å². The minimum absolute atomic E-state index is 0.00134. The summed E-state index contributed by atoms with van der Waals surface area (Å²) >= 11 is 6.10. The molecular formula is C12H19ClF3N3O. The van der Waals surface area contributed by atoms with E-state index in [1.165, 1.54) is 0 Å². The van der Waals surface area contributed by atoms with Gasteiger partial charge in [0.25, 0.3) is 0 Å². The van der Waals surface area contributed by atoms with Crippen molar-refractivity contribution >= 4 is 11.6 Å². The van der Waals surface area contributed by atoms with Gasteiger partial charge in [-0.05, 0) is 19.9 Å². The summed E-state index contributed by atoms with van der Waals surface area (Å²) in [6, 6.07) is -0.190. The zero-order chi connectivity index (χ0) is 15.2. The first-order valence-corrected chi connectivity index (χ1v) is 6.79. The Balaban J connectivity index is 2.60. The van der Waals surface area contributed by atoms with E-state index >= 15 is 0 Å². The van der Waals surface area contributed by atoms with E-state index in [0.717, 1.165) is 12.1 Å². The predicted octanol–water partition coefficient (Wildman–Crippen LogP) is 3.18. The molecule has 4 nitrogen and oxygen atoms in total. The average Bonchev–Trinajstić information content (AvgIpc) is 2.71. The minimum atomic E-state index is -4.29. The average molecular weight is 314 g/mol. The minimum Gasteiger partial charge on any atom is -0.372 e. The number of alkyl halides is 3. The second-order valence-electron chi connectivity index (χ2n) is 4.40. The Morgan fingerprint density at radius 2 is 2.20 bits per heavy atom. The Labute approximate surface area is 121 Å². The molecule has 0 saturated heterocycles. The zero-order valence-corrected chi connectivity index (χ0v) is 12.3. The number of nitrogens with one attached hydrogen (secondary N) is 1. The van der Waals surface area contributed by atoms with Crippen molar-refractivity contribution in [2.75, 3.05) is 20.3 Å². The lowest BCUT2D eigenvalue weighted by Gasteiger charge is -2.19. The number of aromatic nitrogens is 2. The van der Waals surface area contributed by atoms with Crippen LogP contribution in [0, 0.1) is 0 Å². The Kier molecular flexibility index (Phi) is 6.78. The second kappa shape index (κ2) is 7.85. The molecule has 0 aromatic carbocycles. The van der Waals surface area contributed by atoms with Gasteiger partial charge >= 0.3 is 6.18 Å². The van der Waals surface area contributed by atoms with E-state index < -0.39 is 12.8 Å². The SMILES string of the molecule is CCCn1ncc(Cl)c1C(CCOCC(F)(F)F)NC. The molecule has 1 aromatic heterocycles. The van der Waals surface area contributed by atoms with Crippen molar-refractivity contribution in [3.05, 3.63) is 16.9 Å². The molecular weight excluding hydrogens is 295 g/mol. The number of hydrogen-bond donors (Lipinski definition) is 1. The monoisotopic (exact) mass is 313 g/mol. The molecule has 1 N–H and O–H groups in total. The van der Waals surface area contributed by atoms with E-state index in [4.69, 9.17) is 11.6 Å². The van der Waals surface area contributed by atoms with Crippen LogP contribution in [0.3, 0.4) is 0 Å². The molecule has 0 aliphatic rings. The van der Waals surface area contributed by atoms with Gasteiger partial charge in [-0.25, -0.2) is 0 Å². The first-order valence-electron chi connectivity index (χ1n) is 6.42. The zero-order valence-electron chi connectivity index (χ0n) is 11.5. The molecule has 0 saturated carbocycles. The molecule has 1 unspecified atom stereocenters. The van der Waals surface area contributed by atoms with E-state index in [1.54, 1.807) is 17.9 Å². The van der Waals surface area contributed by atoms with Crippen molar-refractivity contribution in [3.63, 3.8) is 0 Å². The summed E-state index contributed by atoms with van der Waals surface area (Å²) in [5.74, 6) is 0. The van der Waals surface area contributed by atoms with Crippen molar-refractivity contribution in [1.29, 1.82) is 0 Å². The van der Waals surface area contributed by atoms with Gasteiger partial charge < -0.3 is 10.1 Å². The largest absolute Gasteiger partial charge is 0.411 e. The van der Waals surface area contributed by atoms with E-state index in [0.29, 0.717) is 18.0 Å². The number of nitrogens with zero attached hydrogens (tertiary/aromatic N) is 2. The lowest BCUT2D eigenvalue weighted by Crippen LogP contribution is -2.24. The van der Waals surface area contributed by atoms with Gasteiger partial charge in [-0.1, -0.05) is 18.5 Å². The molecule has 0 aliphatic carbocycles. The summed E-state index contributed by atoms with van der Waals surface area (Å²) in [4.78, 5) is 0.